The molecule has 0 aliphatic rings. The van der Waals surface area contributed by atoms with Crippen LogP contribution in [0.5, 0.6) is 11.5 Å². The summed E-state index contributed by atoms with van der Waals surface area (Å²) in [5, 5.41) is 2.27. The molecule has 0 saturated heterocycles. The highest BCUT2D eigenvalue weighted by atomic mass is 19.1. The lowest BCUT2D eigenvalue weighted by Crippen LogP contribution is -1.99. The van der Waals surface area contributed by atoms with E-state index in [0.29, 0.717) is 17.9 Å². The molecule has 0 amide bonds. The van der Waals surface area contributed by atoms with Crippen LogP contribution in [0, 0.1) is 5.82 Å². The number of hydrogen-bond acceptors (Lipinski definition) is 3. The Morgan fingerprint density at radius 1 is 0.903 bits per heavy atom. The number of halogens is 1. The lowest BCUT2D eigenvalue weighted by Gasteiger charge is -2.12. The van der Waals surface area contributed by atoms with E-state index in [1.165, 1.54) is 30.3 Å². The minimum Gasteiger partial charge on any atom is -0.496 e. The first kappa shape index (κ1) is 20.4. The molecule has 0 heterocycles. The van der Waals surface area contributed by atoms with Gasteiger partial charge in [0.15, 0.2) is 5.78 Å². The fraction of sp³-hybridized carbons (Fsp3) is 0.0741. The number of rotatable bonds is 7. The van der Waals surface area contributed by atoms with Crippen molar-refractivity contribution in [1.29, 1.82) is 0 Å². The number of fused-ring (bicyclic) bond motifs is 1. The van der Waals surface area contributed by atoms with E-state index in [-0.39, 0.29) is 11.6 Å². The van der Waals surface area contributed by atoms with E-state index < -0.39 is 0 Å². The van der Waals surface area contributed by atoms with Crippen molar-refractivity contribution in [2.24, 2.45) is 0 Å². The summed E-state index contributed by atoms with van der Waals surface area (Å²) >= 11 is 0. The van der Waals surface area contributed by atoms with Crippen molar-refractivity contribution >= 4 is 22.6 Å². The molecule has 0 N–H and O–H groups in total. The molecule has 0 aliphatic heterocycles. The molecular formula is C27H21FO3. The Bertz CT molecular complexity index is 1240. The van der Waals surface area contributed by atoms with Gasteiger partial charge in [-0.05, 0) is 70.9 Å². The Balaban J connectivity index is 1.50. The van der Waals surface area contributed by atoms with E-state index in [4.69, 9.17) is 9.47 Å². The van der Waals surface area contributed by atoms with Crippen LogP contribution >= 0.6 is 0 Å². The van der Waals surface area contributed by atoms with E-state index >= 15 is 0 Å². The lowest BCUT2D eigenvalue weighted by atomic mass is 10.1. The summed E-state index contributed by atoms with van der Waals surface area (Å²) in [5.74, 6) is 0.924. The number of carbonyl (C=O) groups excluding carboxylic acids is 1. The molecule has 3 nitrogen and oxygen atoms in total. The fourth-order valence-corrected chi connectivity index (χ4v) is 3.32. The predicted molar refractivity (Wildman–Crippen MR) is 121 cm³/mol. The maximum Gasteiger partial charge on any atom is 0.185 e. The molecule has 0 atom stereocenters. The van der Waals surface area contributed by atoms with E-state index in [1.807, 2.05) is 54.6 Å². The van der Waals surface area contributed by atoms with E-state index in [9.17, 15) is 9.18 Å². The van der Waals surface area contributed by atoms with Gasteiger partial charge in [-0.2, -0.15) is 0 Å². The molecule has 0 radical (unpaired) electrons. The van der Waals surface area contributed by atoms with Crippen LogP contribution in [0.25, 0.3) is 16.8 Å². The highest BCUT2D eigenvalue weighted by molar-refractivity contribution is 6.06. The van der Waals surface area contributed by atoms with Crippen LogP contribution in [0.15, 0.2) is 91.0 Å². The zero-order valence-electron chi connectivity index (χ0n) is 17.0. The second-order valence-corrected chi connectivity index (χ2v) is 7.07. The highest BCUT2D eigenvalue weighted by Crippen LogP contribution is 2.25. The average Bonchev–Trinajstić information content (AvgIpc) is 2.81. The molecule has 0 aliphatic carbocycles. The summed E-state index contributed by atoms with van der Waals surface area (Å²) in [6.07, 6.45) is 3.20. The van der Waals surface area contributed by atoms with Crippen molar-refractivity contribution in [3.05, 3.63) is 114 Å². The maximum absolute atomic E-state index is 13.0. The molecule has 0 fully saturated rings. The molecule has 0 bridgehead atoms. The van der Waals surface area contributed by atoms with Gasteiger partial charge in [0.1, 0.15) is 23.9 Å². The van der Waals surface area contributed by atoms with Gasteiger partial charge in [0, 0.05) is 11.1 Å². The van der Waals surface area contributed by atoms with Crippen LogP contribution in [0.2, 0.25) is 0 Å². The number of benzene rings is 4. The van der Waals surface area contributed by atoms with Crippen molar-refractivity contribution in [3.8, 4) is 11.5 Å². The van der Waals surface area contributed by atoms with Crippen molar-refractivity contribution in [2.75, 3.05) is 7.11 Å². The topological polar surface area (TPSA) is 35.5 Å². The molecule has 0 spiro atoms. The van der Waals surface area contributed by atoms with Crippen LogP contribution < -0.4 is 9.47 Å². The van der Waals surface area contributed by atoms with Crippen LogP contribution in [0.4, 0.5) is 4.39 Å². The molecule has 4 rings (SSSR count). The third kappa shape index (κ3) is 4.98. The normalized spacial score (nSPS) is 11.0. The molecular weight excluding hydrogens is 391 g/mol. The monoisotopic (exact) mass is 412 g/mol. The van der Waals surface area contributed by atoms with Gasteiger partial charge in [0.05, 0.1) is 7.11 Å². The van der Waals surface area contributed by atoms with Crippen LogP contribution in [-0.4, -0.2) is 12.9 Å². The van der Waals surface area contributed by atoms with Crippen molar-refractivity contribution in [2.45, 2.75) is 6.61 Å². The molecule has 4 aromatic carbocycles. The summed E-state index contributed by atoms with van der Waals surface area (Å²) in [5.41, 5.74) is 2.14. The van der Waals surface area contributed by atoms with E-state index in [2.05, 4.69) is 6.07 Å². The largest absolute Gasteiger partial charge is 0.496 e. The molecule has 0 saturated carbocycles. The maximum atomic E-state index is 13.0. The Hall–Kier alpha value is -3.92. The Morgan fingerprint density at radius 2 is 1.68 bits per heavy atom. The quantitative estimate of drug-likeness (QED) is 0.258. The van der Waals surface area contributed by atoms with Crippen LogP contribution in [0.1, 0.15) is 21.5 Å². The number of carbonyl (C=O) groups is 1. The van der Waals surface area contributed by atoms with Gasteiger partial charge < -0.3 is 9.47 Å². The van der Waals surface area contributed by atoms with Crippen molar-refractivity contribution in [1.82, 2.24) is 0 Å². The molecule has 154 valence electrons. The Morgan fingerprint density at radius 3 is 2.45 bits per heavy atom. The number of ether oxygens (including phenoxy) is 2. The average molecular weight is 412 g/mol. The third-order valence-electron chi connectivity index (χ3n) is 4.98. The summed E-state index contributed by atoms with van der Waals surface area (Å²) in [7, 11) is 1.61. The summed E-state index contributed by atoms with van der Waals surface area (Å²) in [4.78, 5) is 12.3. The zero-order valence-corrected chi connectivity index (χ0v) is 17.0. The van der Waals surface area contributed by atoms with Crippen molar-refractivity contribution in [3.63, 3.8) is 0 Å². The molecule has 4 heteroatoms. The summed E-state index contributed by atoms with van der Waals surface area (Å²) < 4.78 is 24.5. The standard InChI is InChI=1S/C27H21FO3/c1-30-27-15-7-19(6-14-26(29)21-8-11-24(28)12-9-21)16-23(27)18-31-25-13-10-20-4-2-3-5-22(20)17-25/h2-17H,18H2,1H3/b14-6+. The minimum absolute atomic E-state index is 0.190. The minimum atomic E-state index is -0.369. The molecule has 31 heavy (non-hydrogen) atoms. The van der Waals surface area contributed by atoms with E-state index in [0.717, 1.165) is 27.6 Å². The van der Waals surface area contributed by atoms with Gasteiger partial charge in [-0.3, -0.25) is 4.79 Å². The number of hydrogen-bond donors (Lipinski definition) is 0. The van der Waals surface area contributed by atoms with Crippen molar-refractivity contribution < 1.29 is 18.7 Å². The second kappa shape index (κ2) is 9.26. The van der Waals surface area contributed by atoms with Crippen LogP contribution in [-0.2, 0) is 6.61 Å². The first-order chi connectivity index (χ1) is 15.1. The molecule has 0 aromatic heterocycles. The second-order valence-electron chi connectivity index (χ2n) is 7.07. The molecule has 4 aromatic rings. The van der Waals surface area contributed by atoms with Gasteiger partial charge in [-0.25, -0.2) is 4.39 Å². The number of allylic oxidation sites excluding steroid dienone is 1. The summed E-state index contributed by atoms with van der Waals surface area (Å²) in [6, 6.07) is 25.2. The summed E-state index contributed by atoms with van der Waals surface area (Å²) in [6.45, 7) is 0.328. The molecule has 0 unspecified atom stereocenters. The van der Waals surface area contributed by atoms with Gasteiger partial charge in [-0.1, -0.05) is 42.5 Å². The SMILES string of the molecule is COc1ccc(/C=C/C(=O)c2ccc(F)cc2)cc1COc1ccc2ccccc2c1. The Labute approximate surface area is 180 Å². The Kier molecular flexibility index (Phi) is 6.08. The number of ketones is 1. The zero-order chi connectivity index (χ0) is 21.6. The predicted octanol–water partition coefficient (Wildman–Crippen LogP) is 6.46. The smallest absolute Gasteiger partial charge is 0.185 e. The first-order valence-electron chi connectivity index (χ1n) is 9.89. The van der Waals surface area contributed by atoms with Gasteiger partial charge >= 0.3 is 0 Å². The fourth-order valence-electron chi connectivity index (χ4n) is 3.32. The van der Waals surface area contributed by atoms with Gasteiger partial charge in [-0.15, -0.1) is 0 Å². The van der Waals surface area contributed by atoms with E-state index in [1.54, 1.807) is 13.2 Å². The number of methoxy groups -OCH3 is 1. The highest BCUT2D eigenvalue weighted by Gasteiger charge is 2.07. The first-order valence-corrected chi connectivity index (χ1v) is 9.89. The van der Waals surface area contributed by atoms with Gasteiger partial charge in [0.25, 0.3) is 0 Å². The lowest BCUT2D eigenvalue weighted by molar-refractivity contribution is 0.104. The van der Waals surface area contributed by atoms with Gasteiger partial charge in [0.2, 0.25) is 0 Å². The third-order valence-corrected chi connectivity index (χ3v) is 4.98. The van der Waals surface area contributed by atoms with Crippen LogP contribution in [0.3, 0.4) is 0 Å².